The van der Waals surface area contributed by atoms with E-state index in [0.29, 0.717) is 16.5 Å². The summed E-state index contributed by atoms with van der Waals surface area (Å²) < 4.78 is 6.08. The van der Waals surface area contributed by atoms with Crippen LogP contribution in [0.2, 0.25) is 5.02 Å². The van der Waals surface area contributed by atoms with Crippen LogP contribution >= 0.6 is 11.6 Å². The van der Waals surface area contributed by atoms with Gasteiger partial charge in [0.25, 0.3) is 0 Å². The van der Waals surface area contributed by atoms with Crippen LogP contribution in [0.3, 0.4) is 0 Å². The molecule has 1 aliphatic rings. The smallest absolute Gasteiger partial charge is 0.227 e. The van der Waals surface area contributed by atoms with Crippen LogP contribution in [0.1, 0.15) is 12.0 Å². The fourth-order valence-corrected chi connectivity index (χ4v) is 3.47. The third-order valence-electron chi connectivity index (χ3n) is 4.60. The van der Waals surface area contributed by atoms with Crippen molar-refractivity contribution in [1.29, 1.82) is 0 Å². The predicted molar refractivity (Wildman–Crippen MR) is 109 cm³/mol. The summed E-state index contributed by atoms with van der Waals surface area (Å²) >= 11 is 6.30. The van der Waals surface area contributed by atoms with E-state index in [9.17, 15) is 0 Å². The molecule has 2 heterocycles. The fraction of sp³-hybridized carbons (Fsp3) is 0.238. The van der Waals surface area contributed by atoms with Gasteiger partial charge in [0.1, 0.15) is 11.9 Å². The maximum absolute atomic E-state index is 6.30. The number of hydrogen-bond acceptors (Lipinski definition) is 5. The Kier molecular flexibility index (Phi) is 4.85. The lowest BCUT2D eigenvalue weighted by Crippen LogP contribution is -2.21. The van der Waals surface area contributed by atoms with Gasteiger partial charge in [-0.1, -0.05) is 23.6 Å². The Morgan fingerprint density at radius 3 is 3.00 bits per heavy atom. The molecule has 5 nitrogen and oxygen atoms in total. The number of terminal acetylenes is 1. The van der Waals surface area contributed by atoms with Crippen molar-refractivity contribution in [2.75, 3.05) is 25.5 Å². The molecule has 3 aromatic rings. The molecule has 0 radical (unpaired) electrons. The average Bonchev–Trinajstić information content (AvgIpc) is 3.07. The van der Waals surface area contributed by atoms with Crippen LogP contribution in [0, 0.1) is 12.3 Å². The number of nitrogens with zero attached hydrogens (tertiary/aromatic N) is 3. The molecule has 0 aliphatic carbocycles. The number of fused-ring (bicyclic) bond motifs is 1. The van der Waals surface area contributed by atoms with Gasteiger partial charge in [0.05, 0.1) is 10.5 Å². The van der Waals surface area contributed by atoms with Crippen molar-refractivity contribution in [3.63, 3.8) is 0 Å². The van der Waals surface area contributed by atoms with E-state index in [1.165, 1.54) is 0 Å². The quantitative estimate of drug-likeness (QED) is 0.693. The maximum Gasteiger partial charge on any atom is 0.227 e. The van der Waals surface area contributed by atoms with Crippen molar-refractivity contribution < 1.29 is 4.74 Å². The minimum absolute atomic E-state index is 0.231. The molecule has 1 aromatic heterocycles. The average molecular weight is 379 g/mol. The largest absolute Gasteiger partial charge is 0.489 e. The van der Waals surface area contributed by atoms with Crippen molar-refractivity contribution >= 4 is 34.1 Å². The monoisotopic (exact) mass is 378 g/mol. The molecular weight excluding hydrogens is 360 g/mol. The molecule has 0 spiro atoms. The minimum atomic E-state index is 0.231. The number of rotatable bonds is 4. The minimum Gasteiger partial charge on any atom is -0.489 e. The zero-order chi connectivity index (χ0) is 18.8. The third-order valence-corrected chi connectivity index (χ3v) is 5.00. The first-order chi connectivity index (χ1) is 13.1. The van der Waals surface area contributed by atoms with E-state index in [4.69, 9.17) is 22.8 Å². The second-order valence-corrected chi connectivity index (χ2v) is 7.02. The number of benzene rings is 2. The lowest BCUT2D eigenvalue weighted by atomic mass is 10.1. The van der Waals surface area contributed by atoms with E-state index in [1.54, 1.807) is 12.3 Å². The first-order valence-electron chi connectivity index (χ1n) is 8.76. The summed E-state index contributed by atoms with van der Waals surface area (Å²) in [5.41, 5.74) is 2.23. The van der Waals surface area contributed by atoms with Gasteiger partial charge in [-0.15, -0.1) is 6.42 Å². The van der Waals surface area contributed by atoms with Crippen LogP contribution in [-0.4, -0.2) is 41.1 Å². The highest BCUT2D eigenvalue weighted by Crippen LogP contribution is 2.27. The highest BCUT2D eigenvalue weighted by Gasteiger charge is 2.20. The number of anilines is 2. The Balaban J connectivity index is 1.53. The molecule has 2 aromatic carbocycles. The Hall–Kier alpha value is -2.81. The van der Waals surface area contributed by atoms with Crippen LogP contribution in [0.25, 0.3) is 10.9 Å². The number of hydrogen-bond donors (Lipinski definition) is 1. The Labute approximate surface area is 163 Å². The van der Waals surface area contributed by atoms with Crippen LogP contribution in [0.4, 0.5) is 11.6 Å². The summed E-state index contributed by atoms with van der Waals surface area (Å²) in [5.74, 6) is 3.89. The maximum atomic E-state index is 6.30. The van der Waals surface area contributed by atoms with E-state index in [-0.39, 0.29) is 6.10 Å². The summed E-state index contributed by atoms with van der Waals surface area (Å²) in [6.07, 6.45) is 8.41. The van der Waals surface area contributed by atoms with E-state index in [1.807, 2.05) is 30.3 Å². The zero-order valence-electron chi connectivity index (χ0n) is 14.9. The van der Waals surface area contributed by atoms with Gasteiger partial charge < -0.3 is 15.0 Å². The van der Waals surface area contributed by atoms with Crippen molar-refractivity contribution in [3.8, 4) is 18.1 Å². The molecule has 0 unspecified atom stereocenters. The fourth-order valence-electron chi connectivity index (χ4n) is 3.20. The van der Waals surface area contributed by atoms with E-state index < -0.39 is 0 Å². The highest BCUT2D eigenvalue weighted by molar-refractivity contribution is 6.36. The van der Waals surface area contributed by atoms with Gasteiger partial charge in [0, 0.05) is 42.0 Å². The van der Waals surface area contributed by atoms with Gasteiger partial charge in [-0.3, -0.25) is 0 Å². The normalized spacial score (nSPS) is 17.0. The lowest BCUT2D eigenvalue weighted by molar-refractivity contribution is 0.208. The molecule has 1 atom stereocenters. The lowest BCUT2D eigenvalue weighted by Gasteiger charge is -2.15. The molecular formula is C21H19ClN4O. The third kappa shape index (κ3) is 3.82. The number of ether oxygens (including phenoxy) is 1. The van der Waals surface area contributed by atoms with E-state index in [0.717, 1.165) is 41.9 Å². The molecule has 136 valence electrons. The van der Waals surface area contributed by atoms with E-state index >= 15 is 0 Å². The Bertz CT molecular complexity index is 1030. The summed E-state index contributed by atoms with van der Waals surface area (Å²) in [4.78, 5) is 11.2. The number of halogens is 1. The van der Waals surface area contributed by atoms with E-state index in [2.05, 4.69) is 33.2 Å². The van der Waals surface area contributed by atoms with Crippen molar-refractivity contribution in [3.05, 3.63) is 53.2 Å². The molecule has 0 bridgehead atoms. The molecule has 0 saturated carbocycles. The Morgan fingerprint density at radius 1 is 1.33 bits per heavy atom. The molecule has 1 aliphatic heterocycles. The molecule has 0 amide bonds. The van der Waals surface area contributed by atoms with Gasteiger partial charge in [-0.2, -0.15) is 0 Å². The second kappa shape index (κ2) is 7.43. The SMILES string of the molecule is C#Cc1ccc2nc(Nc3cccc(O[C@@H]4CCN(C)C4)c3)ncc2c1Cl. The van der Waals surface area contributed by atoms with Gasteiger partial charge >= 0.3 is 0 Å². The molecule has 1 N–H and O–H groups in total. The molecule has 27 heavy (non-hydrogen) atoms. The number of nitrogens with one attached hydrogen (secondary N) is 1. The summed E-state index contributed by atoms with van der Waals surface area (Å²) in [5, 5.41) is 4.46. The first kappa shape index (κ1) is 17.6. The van der Waals surface area contributed by atoms with Gasteiger partial charge in [-0.05, 0) is 37.7 Å². The predicted octanol–water partition coefficient (Wildman–Crippen LogP) is 4.09. The standard InChI is InChI=1S/C21H19ClN4O/c1-3-14-7-8-19-18(20(14)22)12-23-21(25-19)24-15-5-4-6-16(11-15)27-17-9-10-26(2)13-17/h1,4-8,11-12,17H,9-10,13H2,2H3,(H,23,24,25)/t17-/m1/s1. The van der Waals surface area contributed by atoms with Crippen LogP contribution in [0.15, 0.2) is 42.6 Å². The molecule has 6 heteroatoms. The molecule has 4 rings (SSSR count). The molecule has 1 saturated heterocycles. The van der Waals surface area contributed by atoms with Crippen LogP contribution in [0.5, 0.6) is 5.75 Å². The van der Waals surface area contributed by atoms with Crippen molar-refractivity contribution in [2.45, 2.75) is 12.5 Å². The van der Waals surface area contributed by atoms with Crippen LogP contribution in [-0.2, 0) is 0 Å². The Morgan fingerprint density at radius 2 is 2.22 bits per heavy atom. The number of likely N-dealkylation sites (tertiary alicyclic amines) is 1. The summed E-state index contributed by atoms with van der Waals surface area (Å²) in [7, 11) is 2.11. The van der Waals surface area contributed by atoms with Gasteiger partial charge in [0.2, 0.25) is 5.95 Å². The first-order valence-corrected chi connectivity index (χ1v) is 9.14. The zero-order valence-corrected chi connectivity index (χ0v) is 15.7. The molecule has 1 fully saturated rings. The van der Waals surface area contributed by atoms with Gasteiger partial charge in [-0.25, -0.2) is 9.97 Å². The number of likely N-dealkylation sites (N-methyl/N-ethyl adjacent to an activating group) is 1. The topological polar surface area (TPSA) is 50.3 Å². The van der Waals surface area contributed by atoms with Gasteiger partial charge in [0.15, 0.2) is 0 Å². The highest BCUT2D eigenvalue weighted by atomic mass is 35.5. The van der Waals surface area contributed by atoms with Crippen LogP contribution < -0.4 is 10.1 Å². The van der Waals surface area contributed by atoms with Crippen molar-refractivity contribution in [2.24, 2.45) is 0 Å². The number of aromatic nitrogens is 2. The second-order valence-electron chi connectivity index (χ2n) is 6.64. The van der Waals surface area contributed by atoms with Crippen molar-refractivity contribution in [1.82, 2.24) is 14.9 Å². The summed E-state index contributed by atoms with van der Waals surface area (Å²) in [6, 6.07) is 11.5. The summed E-state index contributed by atoms with van der Waals surface area (Å²) in [6.45, 7) is 2.02.